The van der Waals surface area contributed by atoms with Gasteiger partial charge < -0.3 is 9.32 Å². The summed E-state index contributed by atoms with van der Waals surface area (Å²) in [7, 11) is 0. The van der Waals surface area contributed by atoms with Crippen LogP contribution >= 0.6 is 11.3 Å². The zero-order valence-electron chi connectivity index (χ0n) is 29.8. The van der Waals surface area contributed by atoms with Crippen LogP contribution in [0.4, 0.5) is 17.1 Å². The molecule has 0 bridgehead atoms. The molecule has 0 amide bonds. The number of anilines is 3. The van der Waals surface area contributed by atoms with E-state index in [2.05, 4.69) is 199 Å². The van der Waals surface area contributed by atoms with Gasteiger partial charge in [0, 0.05) is 53.6 Å². The van der Waals surface area contributed by atoms with Gasteiger partial charge in [0.05, 0.1) is 0 Å². The van der Waals surface area contributed by atoms with Gasteiger partial charge in [0.25, 0.3) is 0 Å². The van der Waals surface area contributed by atoms with E-state index in [0.717, 1.165) is 61.3 Å². The van der Waals surface area contributed by atoms with Crippen LogP contribution in [0.15, 0.2) is 205 Å². The number of para-hydroxylation sites is 2. The predicted octanol–water partition coefficient (Wildman–Crippen LogP) is 15.6. The van der Waals surface area contributed by atoms with Crippen LogP contribution in [0.25, 0.3) is 86.3 Å². The Hall–Kier alpha value is -6.94. The van der Waals surface area contributed by atoms with E-state index in [9.17, 15) is 0 Å². The maximum Gasteiger partial charge on any atom is 0.143 e. The third kappa shape index (κ3) is 5.40. The highest BCUT2D eigenvalue weighted by Crippen LogP contribution is 2.45. The zero-order valence-corrected chi connectivity index (χ0v) is 30.6. The van der Waals surface area contributed by atoms with E-state index in [0.29, 0.717) is 0 Å². The molecule has 3 heteroatoms. The van der Waals surface area contributed by atoms with Gasteiger partial charge in [0.2, 0.25) is 0 Å². The van der Waals surface area contributed by atoms with E-state index in [4.69, 9.17) is 4.42 Å². The van der Waals surface area contributed by atoms with E-state index in [1.54, 1.807) is 0 Å². The second kappa shape index (κ2) is 12.9. The first kappa shape index (κ1) is 31.6. The molecular formula is C52H33NOS. The monoisotopic (exact) mass is 719 g/mol. The summed E-state index contributed by atoms with van der Waals surface area (Å²) in [5.41, 5.74) is 12.0. The van der Waals surface area contributed by atoms with Crippen molar-refractivity contribution >= 4 is 81.3 Å². The van der Waals surface area contributed by atoms with Gasteiger partial charge in [0.1, 0.15) is 11.2 Å². The molecule has 11 aromatic rings. The van der Waals surface area contributed by atoms with Crippen molar-refractivity contribution in [1.82, 2.24) is 0 Å². The van der Waals surface area contributed by atoms with E-state index in [-0.39, 0.29) is 0 Å². The standard InChI is InChI=1S/C52H33NOS/c1-2-12-34(13-3-1)37-30-38(44-20-11-21-48-45-17-6-8-22-49(45)54-52(44)48)32-41(31-37)53(40-28-29-47-46-18-7-9-23-50(46)55-51(47)33-40)39-26-24-36(25-27-39)43-19-10-15-35-14-4-5-16-42(35)43/h1-33H. The number of fused-ring (bicyclic) bond motifs is 7. The number of nitrogens with zero attached hydrogens (tertiary/aromatic N) is 1. The highest BCUT2D eigenvalue weighted by Gasteiger charge is 2.20. The molecular weight excluding hydrogens is 687 g/mol. The number of benzene rings is 9. The van der Waals surface area contributed by atoms with Crippen molar-refractivity contribution in [3.05, 3.63) is 200 Å². The maximum absolute atomic E-state index is 6.60. The molecule has 0 aliphatic rings. The number of hydrogen-bond donors (Lipinski definition) is 0. The van der Waals surface area contributed by atoms with Crippen molar-refractivity contribution in [2.75, 3.05) is 4.90 Å². The molecule has 55 heavy (non-hydrogen) atoms. The zero-order chi connectivity index (χ0) is 36.3. The van der Waals surface area contributed by atoms with Crippen molar-refractivity contribution in [2.24, 2.45) is 0 Å². The minimum absolute atomic E-state index is 0.897. The van der Waals surface area contributed by atoms with Crippen LogP contribution in [0.3, 0.4) is 0 Å². The largest absolute Gasteiger partial charge is 0.455 e. The summed E-state index contributed by atoms with van der Waals surface area (Å²) >= 11 is 1.85. The van der Waals surface area contributed by atoms with Gasteiger partial charge in [-0.2, -0.15) is 0 Å². The highest BCUT2D eigenvalue weighted by molar-refractivity contribution is 7.25. The second-order valence-corrected chi connectivity index (χ2v) is 15.2. The first-order chi connectivity index (χ1) is 27.2. The molecule has 0 unspecified atom stereocenters. The maximum atomic E-state index is 6.60. The lowest BCUT2D eigenvalue weighted by atomic mass is 9.95. The summed E-state index contributed by atoms with van der Waals surface area (Å²) in [6.07, 6.45) is 0. The van der Waals surface area contributed by atoms with E-state index in [1.807, 2.05) is 17.4 Å². The van der Waals surface area contributed by atoms with Gasteiger partial charge in [-0.25, -0.2) is 0 Å². The van der Waals surface area contributed by atoms with Crippen molar-refractivity contribution < 1.29 is 4.42 Å². The molecule has 0 atom stereocenters. The van der Waals surface area contributed by atoms with E-state index in [1.165, 1.54) is 42.1 Å². The Morgan fingerprint density at radius 1 is 0.345 bits per heavy atom. The number of thiophene rings is 1. The Morgan fingerprint density at radius 3 is 1.89 bits per heavy atom. The number of hydrogen-bond acceptors (Lipinski definition) is 3. The van der Waals surface area contributed by atoms with Crippen molar-refractivity contribution in [3.63, 3.8) is 0 Å². The minimum atomic E-state index is 0.897. The van der Waals surface area contributed by atoms with Crippen molar-refractivity contribution in [3.8, 4) is 33.4 Å². The first-order valence-corrected chi connectivity index (χ1v) is 19.5. The predicted molar refractivity (Wildman–Crippen MR) is 235 cm³/mol. The molecule has 258 valence electrons. The average Bonchev–Trinajstić information content (AvgIpc) is 3.82. The quantitative estimate of drug-likeness (QED) is 0.170. The average molecular weight is 720 g/mol. The summed E-state index contributed by atoms with van der Waals surface area (Å²) in [4.78, 5) is 2.41. The fourth-order valence-electron chi connectivity index (χ4n) is 8.24. The Balaban J connectivity index is 1.14. The summed E-state index contributed by atoms with van der Waals surface area (Å²) < 4.78 is 9.17. The third-order valence-corrected chi connectivity index (χ3v) is 12.0. The lowest BCUT2D eigenvalue weighted by Gasteiger charge is -2.27. The van der Waals surface area contributed by atoms with Crippen LogP contribution in [0, 0.1) is 0 Å². The van der Waals surface area contributed by atoms with Gasteiger partial charge in [-0.3, -0.25) is 0 Å². The second-order valence-electron chi connectivity index (χ2n) is 14.1. The molecule has 2 nitrogen and oxygen atoms in total. The lowest BCUT2D eigenvalue weighted by Crippen LogP contribution is -2.10. The van der Waals surface area contributed by atoms with Gasteiger partial charge in [0.15, 0.2) is 0 Å². The fourth-order valence-corrected chi connectivity index (χ4v) is 9.37. The molecule has 0 saturated carbocycles. The first-order valence-electron chi connectivity index (χ1n) is 18.7. The SMILES string of the molecule is c1ccc(-c2cc(-c3cccc4c3oc3ccccc34)cc(N(c3ccc(-c4cccc5ccccc45)cc3)c3ccc4c(c3)sc3ccccc34)c2)cc1. The Labute approximate surface area is 322 Å². The van der Waals surface area contributed by atoms with Crippen LogP contribution in [0.5, 0.6) is 0 Å². The van der Waals surface area contributed by atoms with E-state index < -0.39 is 0 Å². The topological polar surface area (TPSA) is 16.4 Å². The Bertz CT molecular complexity index is 3200. The van der Waals surface area contributed by atoms with Crippen LogP contribution < -0.4 is 4.90 Å². The van der Waals surface area contributed by atoms with Gasteiger partial charge in [-0.15, -0.1) is 11.3 Å². The molecule has 2 heterocycles. The van der Waals surface area contributed by atoms with E-state index >= 15 is 0 Å². The summed E-state index contributed by atoms with van der Waals surface area (Å²) in [5.74, 6) is 0. The summed E-state index contributed by atoms with van der Waals surface area (Å²) in [6, 6.07) is 72.3. The molecule has 0 radical (unpaired) electrons. The molecule has 0 saturated heterocycles. The highest BCUT2D eigenvalue weighted by atomic mass is 32.1. The molecule has 9 aromatic carbocycles. The smallest absolute Gasteiger partial charge is 0.143 e. The molecule has 0 aliphatic carbocycles. The number of furan rings is 1. The molecule has 2 aromatic heterocycles. The fraction of sp³-hybridized carbons (Fsp3) is 0. The number of rotatable bonds is 6. The van der Waals surface area contributed by atoms with Gasteiger partial charge in [-0.05, 0) is 93.2 Å². The minimum Gasteiger partial charge on any atom is -0.455 e. The lowest BCUT2D eigenvalue weighted by molar-refractivity contribution is 0.670. The Morgan fingerprint density at radius 2 is 1.00 bits per heavy atom. The summed E-state index contributed by atoms with van der Waals surface area (Å²) in [5, 5.41) is 7.33. The van der Waals surface area contributed by atoms with Gasteiger partial charge in [-0.1, -0.05) is 146 Å². The molecule has 0 N–H and O–H groups in total. The molecule has 11 rings (SSSR count). The van der Waals surface area contributed by atoms with Crippen molar-refractivity contribution in [1.29, 1.82) is 0 Å². The van der Waals surface area contributed by atoms with Gasteiger partial charge >= 0.3 is 0 Å². The summed E-state index contributed by atoms with van der Waals surface area (Å²) in [6.45, 7) is 0. The molecule has 0 spiro atoms. The Kier molecular flexibility index (Phi) is 7.39. The third-order valence-electron chi connectivity index (χ3n) is 10.8. The van der Waals surface area contributed by atoms with Crippen LogP contribution in [-0.2, 0) is 0 Å². The molecule has 0 fully saturated rings. The van der Waals surface area contributed by atoms with Crippen LogP contribution in [0.1, 0.15) is 0 Å². The normalized spacial score (nSPS) is 11.6. The van der Waals surface area contributed by atoms with Crippen molar-refractivity contribution in [2.45, 2.75) is 0 Å². The molecule has 0 aliphatic heterocycles. The van der Waals surface area contributed by atoms with Crippen LogP contribution in [-0.4, -0.2) is 0 Å². The van der Waals surface area contributed by atoms with Crippen LogP contribution in [0.2, 0.25) is 0 Å².